The summed E-state index contributed by atoms with van der Waals surface area (Å²) >= 11 is 0. The van der Waals surface area contributed by atoms with E-state index >= 15 is 0 Å². The van der Waals surface area contributed by atoms with E-state index in [2.05, 4.69) is 41.5 Å². The monoisotopic (exact) mass is 328 g/mol. The van der Waals surface area contributed by atoms with E-state index in [1.807, 2.05) is 24.3 Å². The van der Waals surface area contributed by atoms with Gasteiger partial charge in [0.15, 0.2) is 0 Å². The lowest BCUT2D eigenvalue weighted by molar-refractivity contribution is -0.144. The van der Waals surface area contributed by atoms with Crippen molar-refractivity contribution in [2.24, 2.45) is 16.7 Å². The lowest BCUT2D eigenvalue weighted by atomic mass is 9.72. The fourth-order valence-corrected chi connectivity index (χ4v) is 2.88. The molecule has 0 fully saturated rings. The highest BCUT2D eigenvalue weighted by molar-refractivity contribution is 5.94. The molecule has 0 aromatic heterocycles. The van der Waals surface area contributed by atoms with Gasteiger partial charge in [-0.3, -0.25) is 4.79 Å². The Morgan fingerprint density at radius 2 is 1.58 bits per heavy atom. The zero-order chi connectivity index (χ0) is 18.1. The average Bonchev–Trinajstić information content (AvgIpc) is 2.46. The maximum absolute atomic E-state index is 12.9. The molecule has 3 nitrogen and oxygen atoms in total. The second-order valence-electron chi connectivity index (χ2n) is 8.73. The summed E-state index contributed by atoms with van der Waals surface area (Å²) < 4.78 is 5.77. The summed E-state index contributed by atoms with van der Waals surface area (Å²) in [6.45, 7) is 12.6. The van der Waals surface area contributed by atoms with Crippen LogP contribution in [0.1, 0.15) is 48.0 Å². The lowest BCUT2D eigenvalue weighted by Gasteiger charge is -2.33. The number of fused-ring (bicyclic) bond motifs is 1. The predicted octanol–water partition coefficient (Wildman–Crippen LogP) is 5.55. The minimum Gasteiger partial charge on any atom is -0.507 e. The molecular weight excluding hydrogens is 300 g/mol. The van der Waals surface area contributed by atoms with Gasteiger partial charge in [0.25, 0.3) is 0 Å². The molecule has 3 heteroatoms. The van der Waals surface area contributed by atoms with E-state index in [0.29, 0.717) is 11.1 Å². The van der Waals surface area contributed by atoms with Gasteiger partial charge in [-0.1, -0.05) is 65.8 Å². The van der Waals surface area contributed by atoms with Crippen LogP contribution >= 0.6 is 0 Å². The van der Waals surface area contributed by atoms with Gasteiger partial charge in [-0.15, -0.1) is 0 Å². The van der Waals surface area contributed by atoms with Gasteiger partial charge >= 0.3 is 5.97 Å². The van der Waals surface area contributed by atoms with Gasteiger partial charge in [0, 0.05) is 10.8 Å². The molecule has 0 saturated heterocycles. The average molecular weight is 328 g/mol. The Morgan fingerprint density at radius 1 is 1.00 bits per heavy atom. The third-order valence-corrected chi connectivity index (χ3v) is 4.22. The molecule has 2 aromatic rings. The second-order valence-corrected chi connectivity index (χ2v) is 8.73. The van der Waals surface area contributed by atoms with Crippen LogP contribution in [0.15, 0.2) is 36.4 Å². The smallest absolute Gasteiger partial charge is 0.314 e. The lowest BCUT2D eigenvalue weighted by Crippen LogP contribution is -2.35. The number of hydrogen-bond acceptors (Lipinski definition) is 3. The number of benzene rings is 2. The van der Waals surface area contributed by atoms with E-state index in [4.69, 9.17) is 4.74 Å². The summed E-state index contributed by atoms with van der Waals surface area (Å²) in [4.78, 5) is 12.9. The summed E-state index contributed by atoms with van der Waals surface area (Å²) in [5.41, 5.74) is -0.148. The van der Waals surface area contributed by atoms with Crippen molar-refractivity contribution in [2.75, 3.05) is 0 Å². The van der Waals surface area contributed by atoms with Gasteiger partial charge in [0.2, 0.25) is 0 Å². The van der Waals surface area contributed by atoms with E-state index < -0.39 is 0 Å². The normalized spacial score (nSPS) is 13.8. The van der Waals surface area contributed by atoms with Crippen molar-refractivity contribution in [3.05, 3.63) is 36.4 Å². The van der Waals surface area contributed by atoms with E-state index in [-0.39, 0.29) is 28.5 Å². The molecule has 130 valence electrons. The number of aromatic hydroxyl groups is 1. The Labute approximate surface area is 144 Å². The maximum Gasteiger partial charge on any atom is 0.314 e. The Morgan fingerprint density at radius 3 is 2.12 bits per heavy atom. The number of hydrogen-bond donors (Lipinski definition) is 1. The first-order valence-corrected chi connectivity index (χ1v) is 8.41. The molecule has 2 aromatic carbocycles. The third-order valence-electron chi connectivity index (χ3n) is 4.22. The first-order chi connectivity index (χ1) is 11.0. The minimum atomic E-state index is -0.215. The standard InChI is InChI=1S/C21H28O3/c1-20(2,3)13-16(21(4,5)6)19(23)24-18-12-11-17(22)14-9-7-8-10-15(14)18/h7-12,16,22H,13H2,1-6H3. The molecule has 0 spiro atoms. The number of rotatable bonds is 3. The van der Waals surface area contributed by atoms with E-state index in [9.17, 15) is 9.90 Å². The molecule has 0 bridgehead atoms. The van der Waals surface area contributed by atoms with Gasteiger partial charge in [-0.05, 0) is 29.4 Å². The first-order valence-electron chi connectivity index (χ1n) is 8.41. The van der Waals surface area contributed by atoms with Crippen molar-refractivity contribution in [2.45, 2.75) is 48.0 Å². The van der Waals surface area contributed by atoms with Crippen LogP contribution in [-0.2, 0) is 4.79 Å². The van der Waals surface area contributed by atoms with Crippen LogP contribution < -0.4 is 4.74 Å². The van der Waals surface area contributed by atoms with Gasteiger partial charge in [0.1, 0.15) is 11.5 Å². The van der Waals surface area contributed by atoms with Crippen LogP contribution in [0.4, 0.5) is 0 Å². The molecule has 1 unspecified atom stereocenters. The van der Waals surface area contributed by atoms with Crippen LogP contribution in [-0.4, -0.2) is 11.1 Å². The summed E-state index contributed by atoms with van der Waals surface area (Å²) in [6.07, 6.45) is 0.755. The van der Waals surface area contributed by atoms with Gasteiger partial charge in [-0.2, -0.15) is 0 Å². The van der Waals surface area contributed by atoms with Crippen molar-refractivity contribution < 1.29 is 14.6 Å². The van der Waals surface area contributed by atoms with Crippen LogP contribution in [0.25, 0.3) is 10.8 Å². The molecule has 2 rings (SSSR count). The topological polar surface area (TPSA) is 46.5 Å². The third kappa shape index (κ3) is 4.28. The number of carbonyl (C=O) groups excluding carboxylic acids is 1. The van der Waals surface area contributed by atoms with E-state index in [1.165, 1.54) is 0 Å². The Balaban J connectivity index is 2.35. The van der Waals surface area contributed by atoms with E-state index in [0.717, 1.165) is 11.8 Å². The molecule has 0 aliphatic heterocycles. The highest BCUT2D eigenvalue weighted by Gasteiger charge is 2.36. The van der Waals surface area contributed by atoms with Gasteiger partial charge in [-0.25, -0.2) is 0 Å². The number of phenols is 1. The molecular formula is C21H28O3. The molecule has 1 atom stereocenters. The fraction of sp³-hybridized carbons (Fsp3) is 0.476. The Bertz CT molecular complexity index is 733. The predicted molar refractivity (Wildman–Crippen MR) is 98.3 cm³/mol. The van der Waals surface area contributed by atoms with E-state index in [1.54, 1.807) is 12.1 Å². The van der Waals surface area contributed by atoms with Crippen molar-refractivity contribution >= 4 is 16.7 Å². The van der Waals surface area contributed by atoms with Crippen LogP contribution in [0.2, 0.25) is 0 Å². The number of esters is 1. The van der Waals surface area contributed by atoms with Crippen molar-refractivity contribution in [1.82, 2.24) is 0 Å². The summed E-state index contributed by atoms with van der Waals surface area (Å²) in [7, 11) is 0. The van der Waals surface area contributed by atoms with Gasteiger partial charge in [0.05, 0.1) is 5.92 Å². The molecule has 0 heterocycles. The van der Waals surface area contributed by atoms with Crippen LogP contribution in [0, 0.1) is 16.7 Å². The fourth-order valence-electron chi connectivity index (χ4n) is 2.88. The first kappa shape index (κ1) is 18.3. The molecule has 1 N–H and O–H groups in total. The number of phenolic OH excluding ortho intramolecular Hbond substituents is 1. The molecule has 0 saturated carbocycles. The maximum atomic E-state index is 12.9. The zero-order valence-corrected chi connectivity index (χ0v) is 15.5. The number of carbonyl (C=O) groups is 1. The highest BCUT2D eigenvalue weighted by atomic mass is 16.5. The molecule has 0 radical (unpaired) electrons. The van der Waals surface area contributed by atoms with Crippen LogP contribution in [0.5, 0.6) is 11.5 Å². The largest absolute Gasteiger partial charge is 0.507 e. The minimum absolute atomic E-state index is 0.0357. The SMILES string of the molecule is CC(C)(C)CC(C(=O)Oc1ccc(O)c2ccccc12)C(C)(C)C. The molecule has 0 aliphatic rings. The highest BCUT2D eigenvalue weighted by Crippen LogP contribution is 2.38. The summed E-state index contributed by atoms with van der Waals surface area (Å²) in [5.74, 6) is 0.266. The second kappa shape index (κ2) is 6.46. The number of ether oxygens (including phenoxy) is 1. The zero-order valence-electron chi connectivity index (χ0n) is 15.5. The summed E-state index contributed by atoms with van der Waals surface area (Å²) in [5, 5.41) is 11.4. The molecule has 0 amide bonds. The van der Waals surface area contributed by atoms with Crippen molar-refractivity contribution in [3.8, 4) is 11.5 Å². The quantitative estimate of drug-likeness (QED) is 0.593. The van der Waals surface area contributed by atoms with Crippen molar-refractivity contribution in [1.29, 1.82) is 0 Å². The molecule has 24 heavy (non-hydrogen) atoms. The Kier molecular flexibility index (Phi) is 4.93. The van der Waals surface area contributed by atoms with Gasteiger partial charge < -0.3 is 9.84 Å². The van der Waals surface area contributed by atoms with Crippen LogP contribution in [0.3, 0.4) is 0 Å². The van der Waals surface area contributed by atoms with Crippen molar-refractivity contribution in [3.63, 3.8) is 0 Å². The Hall–Kier alpha value is -2.03. The summed E-state index contributed by atoms with van der Waals surface area (Å²) in [6, 6.07) is 10.6. The molecule has 0 aliphatic carbocycles.